The first-order valence-corrected chi connectivity index (χ1v) is 9.30. The van der Waals surface area contributed by atoms with Gasteiger partial charge in [-0.2, -0.15) is 4.98 Å². The Labute approximate surface area is 163 Å². The average Bonchev–Trinajstić information content (AvgIpc) is 3.21. The van der Waals surface area contributed by atoms with Crippen molar-refractivity contribution in [2.75, 3.05) is 24.3 Å². The number of fused-ring (bicyclic) bond motifs is 1. The van der Waals surface area contributed by atoms with Crippen LogP contribution >= 0.6 is 0 Å². The molecule has 1 aromatic heterocycles. The molecule has 28 heavy (non-hydrogen) atoms. The van der Waals surface area contributed by atoms with E-state index in [1.165, 1.54) is 0 Å². The summed E-state index contributed by atoms with van der Waals surface area (Å²) in [5, 5.41) is 4.01. The monoisotopic (exact) mass is 378 g/mol. The molecule has 3 aromatic rings. The maximum absolute atomic E-state index is 12.8. The fourth-order valence-corrected chi connectivity index (χ4v) is 3.47. The van der Waals surface area contributed by atoms with Crippen LogP contribution in [-0.2, 0) is 17.6 Å². The Bertz CT molecular complexity index is 982. The molecule has 0 saturated heterocycles. The third-order valence-electron chi connectivity index (χ3n) is 4.96. The van der Waals surface area contributed by atoms with Gasteiger partial charge in [0.25, 0.3) is 0 Å². The number of hydrogen-bond donors (Lipinski definition) is 1. The van der Waals surface area contributed by atoms with E-state index in [0.29, 0.717) is 31.1 Å². The molecule has 0 atom stereocenters. The Kier molecular flexibility index (Phi) is 4.97. The van der Waals surface area contributed by atoms with Gasteiger partial charge in [-0.25, -0.2) is 0 Å². The van der Waals surface area contributed by atoms with Crippen molar-refractivity contribution >= 4 is 17.3 Å². The second-order valence-electron chi connectivity index (χ2n) is 6.73. The van der Waals surface area contributed by atoms with Gasteiger partial charge in [0.2, 0.25) is 17.6 Å². The highest BCUT2D eigenvalue weighted by Crippen LogP contribution is 2.31. The first kappa shape index (κ1) is 18.0. The number of nitrogen functional groups attached to an aromatic ring is 1. The summed E-state index contributed by atoms with van der Waals surface area (Å²) in [7, 11) is 1.62. The zero-order valence-electron chi connectivity index (χ0n) is 15.7. The van der Waals surface area contributed by atoms with E-state index in [-0.39, 0.29) is 5.91 Å². The number of nitrogens with zero attached hydrogens (tertiary/aromatic N) is 3. The SMILES string of the molecule is COc1ccc(-c2noc(CCC(=O)N3CCCc4c(N)cccc43)n2)cc1. The van der Waals surface area contributed by atoms with Crippen LogP contribution in [0, 0.1) is 0 Å². The van der Waals surface area contributed by atoms with E-state index in [2.05, 4.69) is 10.1 Å². The number of carbonyl (C=O) groups excluding carboxylic acids is 1. The molecule has 0 aliphatic carbocycles. The quantitative estimate of drug-likeness (QED) is 0.685. The molecule has 7 heteroatoms. The number of benzene rings is 2. The molecular weight excluding hydrogens is 356 g/mol. The van der Waals surface area contributed by atoms with Crippen LogP contribution in [-0.4, -0.2) is 29.7 Å². The maximum Gasteiger partial charge on any atom is 0.227 e. The summed E-state index contributed by atoms with van der Waals surface area (Å²) in [5.41, 5.74) is 9.62. The largest absolute Gasteiger partial charge is 0.497 e. The summed E-state index contributed by atoms with van der Waals surface area (Å²) in [4.78, 5) is 19.0. The van der Waals surface area contributed by atoms with Crippen molar-refractivity contribution in [2.45, 2.75) is 25.7 Å². The minimum Gasteiger partial charge on any atom is -0.497 e. The van der Waals surface area contributed by atoms with Crippen molar-refractivity contribution in [3.63, 3.8) is 0 Å². The topological polar surface area (TPSA) is 94.5 Å². The van der Waals surface area contributed by atoms with E-state index in [1.54, 1.807) is 7.11 Å². The van der Waals surface area contributed by atoms with Crippen LogP contribution in [0.15, 0.2) is 47.0 Å². The van der Waals surface area contributed by atoms with Gasteiger partial charge in [0.15, 0.2) is 0 Å². The fourth-order valence-electron chi connectivity index (χ4n) is 3.47. The van der Waals surface area contributed by atoms with Gasteiger partial charge in [-0.3, -0.25) is 4.79 Å². The highest BCUT2D eigenvalue weighted by atomic mass is 16.5. The van der Waals surface area contributed by atoms with Crippen molar-refractivity contribution < 1.29 is 14.1 Å². The first-order valence-electron chi connectivity index (χ1n) is 9.30. The lowest BCUT2D eigenvalue weighted by Crippen LogP contribution is -2.35. The van der Waals surface area contributed by atoms with Gasteiger partial charge < -0.3 is 19.9 Å². The third-order valence-corrected chi connectivity index (χ3v) is 4.96. The number of nitrogens with two attached hydrogens (primary N) is 1. The summed E-state index contributed by atoms with van der Waals surface area (Å²) in [6, 6.07) is 13.1. The second kappa shape index (κ2) is 7.72. The van der Waals surface area contributed by atoms with E-state index >= 15 is 0 Å². The molecule has 0 unspecified atom stereocenters. The number of carbonyl (C=O) groups is 1. The number of anilines is 2. The van der Waals surface area contributed by atoms with Crippen molar-refractivity contribution in [2.24, 2.45) is 0 Å². The average molecular weight is 378 g/mol. The van der Waals surface area contributed by atoms with Gasteiger partial charge in [-0.05, 0) is 54.8 Å². The van der Waals surface area contributed by atoms with Gasteiger partial charge in [0, 0.05) is 36.3 Å². The summed E-state index contributed by atoms with van der Waals surface area (Å²) in [5.74, 6) is 1.75. The Morgan fingerprint density at radius 1 is 1.25 bits per heavy atom. The molecule has 2 aromatic carbocycles. The number of rotatable bonds is 5. The number of hydrogen-bond acceptors (Lipinski definition) is 6. The highest BCUT2D eigenvalue weighted by Gasteiger charge is 2.24. The lowest BCUT2D eigenvalue weighted by molar-refractivity contribution is -0.118. The Morgan fingerprint density at radius 2 is 2.07 bits per heavy atom. The second-order valence-corrected chi connectivity index (χ2v) is 6.73. The molecule has 0 spiro atoms. The number of amides is 1. The first-order chi connectivity index (χ1) is 13.7. The summed E-state index contributed by atoms with van der Waals surface area (Å²) < 4.78 is 10.5. The van der Waals surface area contributed by atoms with E-state index in [4.69, 9.17) is 15.0 Å². The Balaban J connectivity index is 1.42. The Morgan fingerprint density at radius 3 is 2.86 bits per heavy atom. The van der Waals surface area contributed by atoms with Gasteiger partial charge in [0.1, 0.15) is 5.75 Å². The highest BCUT2D eigenvalue weighted by molar-refractivity contribution is 5.95. The lowest BCUT2D eigenvalue weighted by atomic mass is 9.99. The van der Waals surface area contributed by atoms with Crippen molar-refractivity contribution in [1.29, 1.82) is 0 Å². The third kappa shape index (κ3) is 3.55. The molecule has 2 heterocycles. The van der Waals surface area contributed by atoms with E-state index < -0.39 is 0 Å². The molecule has 1 aliphatic rings. The van der Waals surface area contributed by atoms with Gasteiger partial charge in [-0.1, -0.05) is 11.2 Å². The molecule has 1 amide bonds. The minimum atomic E-state index is 0.0377. The van der Waals surface area contributed by atoms with Crippen LogP contribution in [0.1, 0.15) is 24.3 Å². The van der Waals surface area contributed by atoms with Gasteiger partial charge >= 0.3 is 0 Å². The summed E-state index contributed by atoms with van der Waals surface area (Å²) in [6.45, 7) is 0.705. The number of aryl methyl sites for hydroxylation is 1. The zero-order valence-corrected chi connectivity index (χ0v) is 15.7. The van der Waals surface area contributed by atoms with Crippen molar-refractivity contribution in [3.8, 4) is 17.1 Å². The molecule has 144 valence electrons. The number of ether oxygens (including phenoxy) is 1. The molecule has 0 radical (unpaired) electrons. The van der Waals surface area contributed by atoms with Crippen LogP contribution < -0.4 is 15.4 Å². The molecule has 1 aliphatic heterocycles. The normalized spacial score (nSPS) is 13.2. The van der Waals surface area contributed by atoms with Gasteiger partial charge in [0.05, 0.1) is 7.11 Å². The molecule has 4 rings (SSSR count). The molecule has 0 saturated carbocycles. The van der Waals surface area contributed by atoms with Crippen molar-refractivity contribution in [3.05, 3.63) is 53.9 Å². The smallest absolute Gasteiger partial charge is 0.227 e. The van der Waals surface area contributed by atoms with E-state index in [9.17, 15) is 4.79 Å². The van der Waals surface area contributed by atoms with Crippen LogP contribution in [0.4, 0.5) is 11.4 Å². The molecule has 7 nitrogen and oxygen atoms in total. The predicted molar refractivity (Wildman–Crippen MR) is 106 cm³/mol. The molecule has 2 N–H and O–H groups in total. The van der Waals surface area contributed by atoms with Crippen LogP contribution in [0.25, 0.3) is 11.4 Å². The van der Waals surface area contributed by atoms with Crippen LogP contribution in [0.3, 0.4) is 0 Å². The van der Waals surface area contributed by atoms with E-state index in [1.807, 2.05) is 47.4 Å². The van der Waals surface area contributed by atoms with Gasteiger partial charge in [-0.15, -0.1) is 0 Å². The van der Waals surface area contributed by atoms with Crippen LogP contribution in [0.2, 0.25) is 0 Å². The number of methoxy groups -OCH3 is 1. The lowest BCUT2D eigenvalue weighted by Gasteiger charge is -2.30. The van der Waals surface area contributed by atoms with E-state index in [0.717, 1.165) is 41.1 Å². The van der Waals surface area contributed by atoms with Crippen LogP contribution in [0.5, 0.6) is 5.75 Å². The summed E-state index contributed by atoms with van der Waals surface area (Å²) in [6.07, 6.45) is 2.52. The Hall–Kier alpha value is -3.35. The molecule has 0 fully saturated rings. The molecular formula is C21H22N4O3. The number of aromatic nitrogens is 2. The summed E-state index contributed by atoms with van der Waals surface area (Å²) >= 11 is 0. The van der Waals surface area contributed by atoms with Crippen molar-refractivity contribution in [1.82, 2.24) is 10.1 Å². The fraction of sp³-hybridized carbons (Fsp3) is 0.286. The molecule has 0 bridgehead atoms. The predicted octanol–water partition coefficient (Wildman–Crippen LogP) is 3.24. The minimum absolute atomic E-state index is 0.0377. The standard InChI is InChI=1S/C21H22N4O3/c1-27-15-9-7-14(8-10-15)21-23-19(28-24-21)11-12-20(26)25-13-3-4-16-17(22)5-2-6-18(16)25/h2,5-10H,3-4,11-13,22H2,1H3. The maximum atomic E-state index is 12.8. The zero-order chi connectivity index (χ0) is 19.5.